The van der Waals surface area contributed by atoms with Crippen LogP contribution in [-0.2, 0) is 6.54 Å². The van der Waals surface area contributed by atoms with Crippen LogP contribution in [0.2, 0.25) is 0 Å². The fraction of sp³-hybridized carbons (Fsp3) is 0.222. The van der Waals surface area contributed by atoms with Gasteiger partial charge in [-0.2, -0.15) is 0 Å². The van der Waals surface area contributed by atoms with Gasteiger partial charge in [0.25, 0.3) is 6.43 Å². The lowest BCUT2D eigenvalue weighted by atomic mass is 10.3. The number of hydrogen-bond donors (Lipinski definition) is 0. The second kappa shape index (κ2) is 3.45. The molecule has 0 saturated heterocycles. The summed E-state index contributed by atoms with van der Waals surface area (Å²) in [4.78, 5) is 11.1. The molecule has 1 aromatic carbocycles. The average Bonchev–Trinajstić information content (AvgIpc) is 2.45. The van der Waals surface area contributed by atoms with Crippen molar-refractivity contribution in [2.24, 2.45) is 0 Å². The number of hydrogen-bond acceptors (Lipinski definition) is 2. The van der Waals surface area contributed by atoms with Gasteiger partial charge in [-0.3, -0.25) is 4.57 Å². The molecule has 2 rings (SSSR count). The van der Waals surface area contributed by atoms with Gasteiger partial charge >= 0.3 is 5.76 Å². The van der Waals surface area contributed by atoms with Crippen molar-refractivity contribution in [1.82, 2.24) is 4.57 Å². The first-order valence-electron chi connectivity index (χ1n) is 4.15. The number of nitrogens with zero attached hydrogens (tertiary/aromatic N) is 1. The molecule has 1 heterocycles. The Morgan fingerprint density at radius 1 is 1.40 bits per heavy atom. The predicted octanol–water partition coefficient (Wildman–Crippen LogP) is 2.00. The van der Waals surface area contributed by atoms with Crippen molar-refractivity contribution in [1.29, 1.82) is 0 Å². The molecule has 80 valence electrons. The van der Waals surface area contributed by atoms with Crippen LogP contribution in [0.25, 0.3) is 11.1 Å². The number of aromatic nitrogens is 1. The van der Waals surface area contributed by atoms with E-state index in [2.05, 4.69) is 4.42 Å². The van der Waals surface area contributed by atoms with Crippen LogP contribution in [0.3, 0.4) is 0 Å². The van der Waals surface area contributed by atoms with Gasteiger partial charge in [0.15, 0.2) is 11.4 Å². The molecule has 0 spiro atoms. The third kappa shape index (κ3) is 1.62. The molecule has 0 radical (unpaired) electrons. The molecule has 0 N–H and O–H groups in total. The van der Waals surface area contributed by atoms with Crippen LogP contribution in [0.4, 0.5) is 13.2 Å². The zero-order valence-corrected chi connectivity index (χ0v) is 7.41. The third-order valence-corrected chi connectivity index (χ3v) is 1.97. The Bertz CT molecular complexity index is 544. The van der Waals surface area contributed by atoms with Crippen molar-refractivity contribution in [3.63, 3.8) is 0 Å². The number of fused-ring (bicyclic) bond motifs is 1. The Balaban J connectivity index is 2.69. The summed E-state index contributed by atoms with van der Waals surface area (Å²) in [5, 5.41) is 0. The number of benzene rings is 1. The maximum atomic E-state index is 13.1. The lowest BCUT2D eigenvalue weighted by Gasteiger charge is -1.99. The molecule has 6 heteroatoms. The number of rotatable bonds is 2. The molecular formula is C9H6F3NO2. The molecule has 0 aliphatic heterocycles. The average molecular weight is 217 g/mol. The standard InChI is InChI=1S/C9H6F3NO2/c10-5-2-1-3-6-8(5)15-9(14)13(6)4-7(11)12/h1-3,7H,4H2. The van der Waals surface area contributed by atoms with Crippen molar-refractivity contribution < 1.29 is 17.6 Å². The van der Waals surface area contributed by atoms with Crippen LogP contribution in [0.15, 0.2) is 27.4 Å². The topological polar surface area (TPSA) is 35.1 Å². The second-order valence-corrected chi connectivity index (χ2v) is 2.96. The highest BCUT2D eigenvalue weighted by Gasteiger charge is 2.15. The predicted molar refractivity (Wildman–Crippen MR) is 46.4 cm³/mol. The van der Waals surface area contributed by atoms with E-state index in [1.165, 1.54) is 12.1 Å². The van der Waals surface area contributed by atoms with Crippen LogP contribution in [0.1, 0.15) is 0 Å². The molecule has 0 unspecified atom stereocenters. The Morgan fingerprint density at radius 3 is 2.80 bits per heavy atom. The molecule has 0 aliphatic carbocycles. The highest BCUT2D eigenvalue weighted by atomic mass is 19.3. The number of halogens is 3. The number of oxazole rings is 1. The monoisotopic (exact) mass is 217 g/mol. The maximum absolute atomic E-state index is 13.1. The molecule has 0 saturated carbocycles. The molecule has 0 bridgehead atoms. The van der Waals surface area contributed by atoms with E-state index in [9.17, 15) is 18.0 Å². The highest BCUT2D eigenvalue weighted by molar-refractivity contribution is 5.73. The van der Waals surface area contributed by atoms with Crippen LogP contribution >= 0.6 is 0 Å². The summed E-state index contributed by atoms with van der Waals surface area (Å²) in [5.74, 6) is -1.71. The quantitative estimate of drug-likeness (QED) is 0.771. The molecule has 0 aliphatic rings. The summed E-state index contributed by atoms with van der Waals surface area (Å²) in [6.45, 7) is -0.796. The summed E-state index contributed by atoms with van der Waals surface area (Å²) < 4.78 is 42.5. The van der Waals surface area contributed by atoms with E-state index in [1.54, 1.807) is 0 Å². The van der Waals surface area contributed by atoms with E-state index in [1.807, 2.05) is 0 Å². The van der Waals surface area contributed by atoms with Gasteiger partial charge in [-0.1, -0.05) is 6.07 Å². The van der Waals surface area contributed by atoms with Gasteiger partial charge in [0.05, 0.1) is 12.1 Å². The lowest BCUT2D eigenvalue weighted by Crippen LogP contribution is -2.18. The molecule has 0 fully saturated rings. The first-order valence-corrected chi connectivity index (χ1v) is 4.15. The fourth-order valence-corrected chi connectivity index (χ4v) is 1.36. The summed E-state index contributed by atoms with van der Waals surface area (Å²) in [7, 11) is 0. The van der Waals surface area contributed by atoms with Crippen LogP contribution in [0.5, 0.6) is 0 Å². The van der Waals surface area contributed by atoms with Gasteiger partial charge in [-0.25, -0.2) is 18.0 Å². The molecule has 1 aromatic heterocycles. The van der Waals surface area contributed by atoms with Gasteiger partial charge in [0, 0.05) is 0 Å². The Hall–Kier alpha value is -1.72. The molecule has 0 amide bonds. The van der Waals surface area contributed by atoms with Crippen molar-refractivity contribution in [2.75, 3.05) is 0 Å². The Labute approximate surface area is 81.7 Å². The van der Waals surface area contributed by atoms with Gasteiger partial charge in [0.2, 0.25) is 0 Å². The molecular weight excluding hydrogens is 211 g/mol. The van der Waals surface area contributed by atoms with Gasteiger partial charge < -0.3 is 4.42 Å². The molecule has 0 atom stereocenters. The van der Waals surface area contributed by atoms with E-state index >= 15 is 0 Å². The van der Waals surface area contributed by atoms with Gasteiger partial charge in [-0.15, -0.1) is 0 Å². The minimum Gasteiger partial charge on any atom is -0.405 e. The first kappa shape index (κ1) is 9.82. The van der Waals surface area contributed by atoms with Gasteiger partial charge in [0.1, 0.15) is 0 Å². The zero-order chi connectivity index (χ0) is 11.0. The van der Waals surface area contributed by atoms with E-state index < -0.39 is 24.5 Å². The number of alkyl halides is 2. The summed E-state index contributed by atoms with van der Waals surface area (Å²) in [6, 6.07) is 3.78. The smallest absolute Gasteiger partial charge is 0.405 e. The SMILES string of the molecule is O=c1oc2c(F)cccc2n1CC(F)F. The molecule has 2 aromatic rings. The minimum atomic E-state index is -2.69. The second-order valence-electron chi connectivity index (χ2n) is 2.96. The molecule has 3 nitrogen and oxygen atoms in total. The minimum absolute atomic E-state index is 0.0419. The largest absolute Gasteiger partial charge is 0.420 e. The van der Waals surface area contributed by atoms with Crippen molar-refractivity contribution >= 4 is 11.1 Å². The van der Waals surface area contributed by atoms with Gasteiger partial charge in [-0.05, 0) is 12.1 Å². The summed E-state index contributed by atoms with van der Waals surface area (Å²) in [6.07, 6.45) is -2.69. The van der Waals surface area contributed by atoms with Crippen LogP contribution in [-0.4, -0.2) is 11.0 Å². The van der Waals surface area contributed by atoms with E-state index in [-0.39, 0.29) is 11.1 Å². The van der Waals surface area contributed by atoms with E-state index in [4.69, 9.17) is 0 Å². The fourth-order valence-electron chi connectivity index (χ4n) is 1.36. The summed E-state index contributed by atoms with van der Waals surface area (Å²) >= 11 is 0. The first-order chi connectivity index (χ1) is 7.09. The van der Waals surface area contributed by atoms with E-state index in [0.717, 1.165) is 6.07 Å². The van der Waals surface area contributed by atoms with E-state index in [0.29, 0.717) is 4.57 Å². The van der Waals surface area contributed by atoms with Crippen LogP contribution in [0, 0.1) is 5.82 Å². The maximum Gasteiger partial charge on any atom is 0.420 e. The normalized spacial score (nSPS) is 11.5. The van der Waals surface area contributed by atoms with Crippen molar-refractivity contribution in [3.05, 3.63) is 34.6 Å². The van der Waals surface area contributed by atoms with Crippen molar-refractivity contribution in [2.45, 2.75) is 13.0 Å². The third-order valence-electron chi connectivity index (χ3n) is 1.97. The molecule has 15 heavy (non-hydrogen) atoms. The van der Waals surface area contributed by atoms with Crippen LogP contribution < -0.4 is 5.76 Å². The summed E-state index contributed by atoms with van der Waals surface area (Å²) in [5.41, 5.74) is -0.247. The lowest BCUT2D eigenvalue weighted by molar-refractivity contribution is 0.125. The Morgan fingerprint density at radius 2 is 2.13 bits per heavy atom. The Kier molecular flexibility index (Phi) is 2.26. The zero-order valence-electron chi connectivity index (χ0n) is 7.41. The van der Waals surface area contributed by atoms with Crippen molar-refractivity contribution in [3.8, 4) is 0 Å². The highest BCUT2D eigenvalue weighted by Crippen LogP contribution is 2.16. The number of para-hydroxylation sites is 1.